The zero-order valence-electron chi connectivity index (χ0n) is 14.6. The molecule has 2 aliphatic rings. The Balaban J connectivity index is 1.55. The Morgan fingerprint density at radius 2 is 1.80 bits per heavy atom. The number of nitrogens with one attached hydrogen (secondary N) is 1. The molecule has 1 aliphatic heterocycles. The maximum absolute atomic E-state index is 12.5. The topological polar surface area (TPSA) is 66.5 Å². The summed E-state index contributed by atoms with van der Waals surface area (Å²) >= 11 is 1.92. The normalized spacial score (nSPS) is 22.8. The molecule has 1 aromatic carbocycles. The van der Waals surface area contributed by atoms with Crippen LogP contribution in [-0.2, 0) is 14.8 Å². The number of amides is 1. The summed E-state index contributed by atoms with van der Waals surface area (Å²) in [6.07, 6.45) is 7.91. The molecule has 1 amide bonds. The number of hydrogen-bond acceptors (Lipinski definition) is 4. The fourth-order valence-electron chi connectivity index (χ4n) is 3.52. The zero-order valence-corrected chi connectivity index (χ0v) is 16.2. The summed E-state index contributed by atoms with van der Waals surface area (Å²) < 4.78 is 24.8. The predicted molar refractivity (Wildman–Crippen MR) is 102 cm³/mol. The Bertz CT molecular complexity index is 698. The molecule has 1 N–H and O–H groups in total. The van der Waals surface area contributed by atoms with Crippen LogP contribution in [0.25, 0.3) is 0 Å². The van der Waals surface area contributed by atoms with Gasteiger partial charge in [-0.3, -0.25) is 4.79 Å². The van der Waals surface area contributed by atoms with Gasteiger partial charge in [-0.05, 0) is 49.9 Å². The van der Waals surface area contributed by atoms with Crippen molar-refractivity contribution in [3.63, 3.8) is 0 Å². The molecule has 138 valence electrons. The number of anilines is 1. The third kappa shape index (κ3) is 5.21. The van der Waals surface area contributed by atoms with Crippen LogP contribution in [0.3, 0.4) is 0 Å². The Morgan fingerprint density at radius 1 is 1.12 bits per heavy atom. The third-order valence-corrected chi connectivity index (χ3v) is 7.57. The number of hydrogen-bond donors (Lipinski definition) is 1. The van der Waals surface area contributed by atoms with Crippen molar-refractivity contribution in [3.05, 3.63) is 24.3 Å². The van der Waals surface area contributed by atoms with Crippen LogP contribution in [0.5, 0.6) is 0 Å². The van der Waals surface area contributed by atoms with Crippen molar-refractivity contribution in [2.24, 2.45) is 5.92 Å². The maximum atomic E-state index is 12.5. The number of sulfonamides is 1. The average molecular weight is 383 g/mol. The van der Waals surface area contributed by atoms with E-state index in [1.807, 2.05) is 23.9 Å². The first-order valence-corrected chi connectivity index (χ1v) is 11.7. The average Bonchev–Trinajstić information content (AvgIpc) is 3.09. The largest absolute Gasteiger partial charge is 0.326 e. The number of thioether (sulfide) groups is 1. The summed E-state index contributed by atoms with van der Waals surface area (Å²) in [5.41, 5.74) is 0.775. The molecule has 3 rings (SSSR count). The first kappa shape index (κ1) is 18.7. The van der Waals surface area contributed by atoms with Crippen molar-refractivity contribution in [3.8, 4) is 0 Å². The van der Waals surface area contributed by atoms with E-state index in [9.17, 15) is 13.2 Å². The van der Waals surface area contributed by atoms with E-state index in [4.69, 9.17) is 0 Å². The monoisotopic (exact) mass is 382 g/mol. The molecule has 1 saturated carbocycles. The van der Waals surface area contributed by atoms with Crippen molar-refractivity contribution >= 4 is 33.4 Å². The van der Waals surface area contributed by atoms with Gasteiger partial charge in [-0.25, -0.2) is 12.7 Å². The molecule has 5 nitrogen and oxygen atoms in total. The molecule has 2 fully saturated rings. The van der Waals surface area contributed by atoms with Crippen LogP contribution >= 0.6 is 11.8 Å². The molecule has 1 unspecified atom stereocenters. The molecular formula is C18H26N2O3S2. The second-order valence-corrected chi connectivity index (χ2v) is 10.4. The lowest BCUT2D eigenvalue weighted by Crippen LogP contribution is -2.43. The van der Waals surface area contributed by atoms with Gasteiger partial charge in [0.25, 0.3) is 0 Å². The number of piperidine rings is 1. The van der Waals surface area contributed by atoms with E-state index in [1.54, 1.807) is 0 Å². The van der Waals surface area contributed by atoms with Gasteiger partial charge in [-0.2, -0.15) is 0 Å². The van der Waals surface area contributed by atoms with E-state index < -0.39 is 10.0 Å². The molecule has 0 bridgehead atoms. The van der Waals surface area contributed by atoms with Gasteiger partial charge >= 0.3 is 0 Å². The van der Waals surface area contributed by atoms with Crippen LogP contribution in [0.4, 0.5) is 5.69 Å². The Kier molecular flexibility index (Phi) is 6.07. The molecule has 1 saturated heterocycles. The van der Waals surface area contributed by atoms with Gasteiger partial charge in [-0.1, -0.05) is 12.8 Å². The van der Waals surface area contributed by atoms with Gasteiger partial charge in [0.15, 0.2) is 0 Å². The van der Waals surface area contributed by atoms with Crippen LogP contribution in [0.15, 0.2) is 29.2 Å². The summed E-state index contributed by atoms with van der Waals surface area (Å²) in [4.78, 5) is 13.7. The number of carbonyl (C=O) groups excluding carboxylic acids is 1. The van der Waals surface area contributed by atoms with E-state index in [0.29, 0.717) is 6.54 Å². The predicted octanol–water partition coefficient (Wildman–Crippen LogP) is 3.33. The van der Waals surface area contributed by atoms with Gasteiger partial charge < -0.3 is 5.32 Å². The Labute approximate surface area is 154 Å². The summed E-state index contributed by atoms with van der Waals surface area (Å²) in [6, 6.07) is 7.99. The third-order valence-electron chi connectivity index (χ3n) is 4.95. The smallest absolute Gasteiger partial charge is 0.228 e. The number of rotatable bonds is 5. The van der Waals surface area contributed by atoms with Crippen molar-refractivity contribution in [2.75, 3.05) is 24.7 Å². The maximum Gasteiger partial charge on any atom is 0.228 e. The summed E-state index contributed by atoms with van der Waals surface area (Å²) in [6.45, 7) is 0.788. The Hall–Kier alpha value is -1.05. The minimum Gasteiger partial charge on any atom is -0.326 e. The van der Waals surface area contributed by atoms with Crippen LogP contribution in [-0.4, -0.2) is 43.2 Å². The molecular weight excluding hydrogens is 356 g/mol. The van der Waals surface area contributed by atoms with E-state index in [1.165, 1.54) is 41.1 Å². The van der Waals surface area contributed by atoms with Gasteiger partial charge in [-0.15, -0.1) is 11.8 Å². The zero-order chi connectivity index (χ0) is 17.9. The lowest BCUT2D eigenvalue weighted by molar-refractivity contribution is -0.120. The summed E-state index contributed by atoms with van der Waals surface area (Å²) in [5, 5.41) is 3.66. The Morgan fingerprint density at radius 3 is 2.44 bits per heavy atom. The molecule has 25 heavy (non-hydrogen) atoms. The highest BCUT2D eigenvalue weighted by Gasteiger charge is 2.30. The lowest BCUT2D eigenvalue weighted by Gasteiger charge is -2.30. The molecule has 7 heteroatoms. The molecule has 0 radical (unpaired) electrons. The van der Waals surface area contributed by atoms with E-state index >= 15 is 0 Å². The fourth-order valence-corrected chi connectivity index (χ4v) is 5.68. The molecule has 0 aromatic heterocycles. The van der Waals surface area contributed by atoms with Crippen molar-refractivity contribution in [1.29, 1.82) is 0 Å². The van der Waals surface area contributed by atoms with Gasteiger partial charge in [0.05, 0.1) is 12.2 Å². The highest BCUT2D eigenvalue weighted by atomic mass is 32.2. The molecule has 1 atom stereocenters. The van der Waals surface area contributed by atoms with Crippen molar-refractivity contribution in [2.45, 2.75) is 48.7 Å². The minimum atomic E-state index is -3.23. The lowest BCUT2D eigenvalue weighted by atomic mass is 9.99. The first-order chi connectivity index (χ1) is 11.9. The van der Waals surface area contributed by atoms with Crippen LogP contribution < -0.4 is 5.32 Å². The number of benzene rings is 1. The van der Waals surface area contributed by atoms with Gasteiger partial charge in [0.2, 0.25) is 15.9 Å². The van der Waals surface area contributed by atoms with Crippen molar-refractivity contribution in [1.82, 2.24) is 4.31 Å². The van der Waals surface area contributed by atoms with Crippen LogP contribution in [0, 0.1) is 5.92 Å². The second kappa shape index (κ2) is 8.10. The SMILES string of the molecule is CS(=O)(=O)N1CCCC(C(=O)Nc2ccc(SC3CCCC3)cc2)C1. The van der Waals surface area contributed by atoms with Gasteiger partial charge in [0, 0.05) is 28.9 Å². The number of nitrogens with zero attached hydrogens (tertiary/aromatic N) is 1. The molecule has 1 heterocycles. The van der Waals surface area contributed by atoms with Crippen LogP contribution in [0.1, 0.15) is 38.5 Å². The van der Waals surface area contributed by atoms with Gasteiger partial charge in [0.1, 0.15) is 0 Å². The molecule has 1 aliphatic carbocycles. The molecule has 0 spiro atoms. The van der Waals surface area contributed by atoms with E-state index in [0.717, 1.165) is 23.8 Å². The standard InChI is InChI=1S/C18H26N2O3S2/c1-25(22,23)20-12-4-5-14(13-20)18(21)19-15-8-10-17(11-9-15)24-16-6-2-3-7-16/h8-11,14,16H,2-7,12-13H2,1H3,(H,19,21). The highest BCUT2D eigenvalue weighted by Crippen LogP contribution is 2.35. The summed E-state index contributed by atoms with van der Waals surface area (Å²) in [7, 11) is -3.23. The summed E-state index contributed by atoms with van der Waals surface area (Å²) in [5.74, 6) is -0.374. The first-order valence-electron chi connectivity index (χ1n) is 8.94. The fraction of sp³-hybridized carbons (Fsp3) is 0.611. The van der Waals surface area contributed by atoms with E-state index in [2.05, 4.69) is 17.4 Å². The second-order valence-electron chi connectivity index (χ2n) is 7.00. The van der Waals surface area contributed by atoms with E-state index in [-0.39, 0.29) is 18.4 Å². The van der Waals surface area contributed by atoms with Crippen LogP contribution in [0.2, 0.25) is 0 Å². The number of carbonyl (C=O) groups is 1. The highest BCUT2D eigenvalue weighted by molar-refractivity contribution is 8.00. The quantitative estimate of drug-likeness (QED) is 0.848. The van der Waals surface area contributed by atoms with Crippen molar-refractivity contribution < 1.29 is 13.2 Å². The molecule has 1 aromatic rings. The minimum absolute atomic E-state index is 0.0930.